The van der Waals surface area contributed by atoms with Crippen molar-refractivity contribution >= 4 is 23.4 Å². The highest BCUT2D eigenvalue weighted by Crippen LogP contribution is 2.28. The van der Waals surface area contributed by atoms with Gasteiger partial charge in [0.25, 0.3) is 0 Å². The molecule has 6 heteroatoms. The van der Waals surface area contributed by atoms with Crippen LogP contribution in [0.15, 0.2) is 41.6 Å². The Bertz CT molecular complexity index is 660. The highest BCUT2D eigenvalue weighted by atomic mass is 35.5. The Morgan fingerprint density at radius 1 is 1.40 bits per heavy atom. The lowest BCUT2D eigenvalue weighted by atomic mass is 10.1. The maximum Gasteiger partial charge on any atom is 0.124 e. The fourth-order valence-corrected chi connectivity index (χ4v) is 2.73. The summed E-state index contributed by atoms with van der Waals surface area (Å²) in [6.45, 7) is 0. The molecule has 0 aliphatic heterocycles. The molecule has 102 valence electrons. The van der Waals surface area contributed by atoms with Crippen LogP contribution in [0.4, 0.5) is 4.39 Å². The van der Waals surface area contributed by atoms with Gasteiger partial charge in [0.2, 0.25) is 0 Å². The highest BCUT2D eigenvalue weighted by Gasteiger charge is 2.13. The third kappa shape index (κ3) is 3.70. The van der Waals surface area contributed by atoms with Crippen LogP contribution in [-0.4, -0.2) is 15.8 Å². The van der Waals surface area contributed by atoms with Crippen LogP contribution < -0.4 is 0 Å². The van der Waals surface area contributed by atoms with Crippen molar-refractivity contribution in [3.8, 4) is 6.07 Å². The van der Waals surface area contributed by atoms with Gasteiger partial charge in [-0.05, 0) is 24.3 Å². The third-order valence-corrected chi connectivity index (χ3v) is 3.90. The van der Waals surface area contributed by atoms with Gasteiger partial charge in [0.1, 0.15) is 5.82 Å². The van der Waals surface area contributed by atoms with Gasteiger partial charge in [-0.2, -0.15) is 5.26 Å². The molecule has 0 radical (unpaired) electrons. The number of rotatable bonds is 4. The number of aromatic nitrogens is 1. The molecule has 0 bridgehead atoms. The lowest BCUT2D eigenvalue weighted by Crippen LogP contribution is -2.02. The number of aliphatic hydroxyl groups excluding tert-OH is 1. The standard InChI is InChI=1S/C14H10ClFN2OS/c15-12-6-10(16)1-2-11(12)13(19)8-20-14-5-9(7-17)3-4-18-14/h1-6,13,19H,8H2. The van der Waals surface area contributed by atoms with Gasteiger partial charge in [0.15, 0.2) is 0 Å². The van der Waals surface area contributed by atoms with Gasteiger partial charge in [-0.25, -0.2) is 9.37 Å². The molecule has 0 aliphatic carbocycles. The Morgan fingerprint density at radius 2 is 2.20 bits per heavy atom. The average molecular weight is 309 g/mol. The molecule has 1 heterocycles. The van der Waals surface area contributed by atoms with E-state index in [0.717, 1.165) is 0 Å². The molecule has 0 aliphatic rings. The van der Waals surface area contributed by atoms with E-state index < -0.39 is 11.9 Å². The third-order valence-electron chi connectivity index (χ3n) is 2.57. The number of nitriles is 1. The molecule has 20 heavy (non-hydrogen) atoms. The van der Waals surface area contributed by atoms with Crippen LogP contribution in [0.2, 0.25) is 5.02 Å². The van der Waals surface area contributed by atoms with Gasteiger partial charge in [0.05, 0.1) is 22.8 Å². The molecule has 3 nitrogen and oxygen atoms in total. The Kier molecular flexibility index (Phi) is 4.96. The molecule has 1 aromatic heterocycles. The number of thioether (sulfide) groups is 1. The number of hydrogen-bond acceptors (Lipinski definition) is 4. The fraction of sp³-hybridized carbons (Fsp3) is 0.143. The van der Waals surface area contributed by atoms with Crippen molar-refractivity contribution in [2.75, 3.05) is 5.75 Å². The largest absolute Gasteiger partial charge is 0.387 e. The lowest BCUT2D eigenvalue weighted by molar-refractivity contribution is 0.204. The van der Waals surface area contributed by atoms with Crippen LogP contribution in [0.25, 0.3) is 0 Å². The number of benzene rings is 1. The van der Waals surface area contributed by atoms with Crippen molar-refractivity contribution in [2.45, 2.75) is 11.1 Å². The van der Waals surface area contributed by atoms with E-state index in [1.54, 1.807) is 12.1 Å². The maximum atomic E-state index is 12.9. The highest BCUT2D eigenvalue weighted by molar-refractivity contribution is 7.99. The van der Waals surface area contributed by atoms with Gasteiger partial charge in [0, 0.05) is 22.5 Å². The van der Waals surface area contributed by atoms with E-state index in [9.17, 15) is 9.50 Å². The summed E-state index contributed by atoms with van der Waals surface area (Å²) in [4.78, 5) is 4.10. The molecule has 2 rings (SSSR count). The van der Waals surface area contributed by atoms with E-state index in [-0.39, 0.29) is 5.02 Å². The van der Waals surface area contributed by atoms with Crippen molar-refractivity contribution < 1.29 is 9.50 Å². The maximum absolute atomic E-state index is 12.9. The molecule has 1 unspecified atom stereocenters. The molecule has 0 fully saturated rings. The number of nitrogens with zero attached hydrogens (tertiary/aromatic N) is 2. The zero-order chi connectivity index (χ0) is 14.5. The first kappa shape index (κ1) is 14.8. The first-order valence-electron chi connectivity index (χ1n) is 5.72. The molecule has 1 N–H and O–H groups in total. The van der Waals surface area contributed by atoms with Gasteiger partial charge in [-0.15, -0.1) is 11.8 Å². The summed E-state index contributed by atoms with van der Waals surface area (Å²) in [7, 11) is 0. The quantitative estimate of drug-likeness (QED) is 0.877. The van der Waals surface area contributed by atoms with Crippen LogP contribution >= 0.6 is 23.4 Å². The minimum absolute atomic E-state index is 0.192. The fourth-order valence-electron chi connectivity index (χ4n) is 1.58. The summed E-state index contributed by atoms with van der Waals surface area (Å²) in [6, 6.07) is 9.15. The van der Waals surface area contributed by atoms with Crippen molar-refractivity contribution in [1.29, 1.82) is 5.26 Å². The normalized spacial score (nSPS) is 11.9. The molecule has 1 atom stereocenters. The van der Waals surface area contributed by atoms with E-state index in [1.807, 2.05) is 6.07 Å². The number of pyridine rings is 1. The Morgan fingerprint density at radius 3 is 2.90 bits per heavy atom. The number of halogens is 2. The van der Waals surface area contributed by atoms with Crippen LogP contribution in [0.3, 0.4) is 0 Å². The Labute approximate surface area is 125 Å². The summed E-state index contributed by atoms with van der Waals surface area (Å²) in [5.41, 5.74) is 0.980. The molecular formula is C14H10ClFN2OS. The predicted molar refractivity (Wildman–Crippen MR) is 76.0 cm³/mol. The topological polar surface area (TPSA) is 56.9 Å². The van der Waals surface area contributed by atoms with Gasteiger partial charge in [-0.1, -0.05) is 17.7 Å². The summed E-state index contributed by atoms with van der Waals surface area (Å²) in [5.74, 6) is -0.130. The molecule has 0 saturated carbocycles. The minimum Gasteiger partial charge on any atom is -0.387 e. The van der Waals surface area contributed by atoms with Crippen LogP contribution in [0, 0.1) is 17.1 Å². The summed E-state index contributed by atoms with van der Waals surface area (Å²) in [5, 5.41) is 19.7. The van der Waals surface area contributed by atoms with E-state index in [4.69, 9.17) is 16.9 Å². The molecule has 0 saturated heterocycles. The van der Waals surface area contributed by atoms with Crippen LogP contribution in [0.1, 0.15) is 17.2 Å². The Balaban J connectivity index is 2.04. The molecule has 0 amide bonds. The second-order valence-electron chi connectivity index (χ2n) is 3.99. The summed E-state index contributed by atoms with van der Waals surface area (Å²) >= 11 is 7.19. The van der Waals surface area contributed by atoms with Gasteiger partial charge >= 0.3 is 0 Å². The van der Waals surface area contributed by atoms with Crippen LogP contribution in [0.5, 0.6) is 0 Å². The van der Waals surface area contributed by atoms with Crippen molar-refractivity contribution in [3.05, 3.63) is 58.5 Å². The van der Waals surface area contributed by atoms with Crippen molar-refractivity contribution in [1.82, 2.24) is 4.98 Å². The summed E-state index contributed by atoms with van der Waals surface area (Å²) in [6.07, 6.45) is 0.707. The summed E-state index contributed by atoms with van der Waals surface area (Å²) < 4.78 is 12.9. The zero-order valence-electron chi connectivity index (χ0n) is 10.3. The zero-order valence-corrected chi connectivity index (χ0v) is 11.8. The van der Waals surface area contributed by atoms with E-state index >= 15 is 0 Å². The molecular weight excluding hydrogens is 299 g/mol. The molecule has 1 aromatic carbocycles. The molecule has 0 spiro atoms. The smallest absolute Gasteiger partial charge is 0.124 e. The van der Waals surface area contributed by atoms with Crippen molar-refractivity contribution in [3.63, 3.8) is 0 Å². The minimum atomic E-state index is -0.833. The number of hydrogen-bond donors (Lipinski definition) is 1. The second-order valence-corrected chi connectivity index (χ2v) is 5.43. The van der Waals surface area contributed by atoms with E-state index in [1.165, 1.54) is 36.2 Å². The Hall–Kier alpha value is -1.61. The second kappa shape index (κ2) is 6.71. The van der Waals surface area contributed by atoms with Gasteiger partial charge in [-0.3, -0.25) is 0 Å². The number of aliphatic hydroxyl groups is 1. The predicted octanol–water partition coefficient (Wildman–Crippen LogP) is 3.57. The first-order chi connectivity index (χ1) is 9.60. The monoisotopic (exact) mass is 308 g/mol. The van der Waals surface area contributed by atoms with Crippen LogP contribution in [-0.2, 0) is 0 Å². The lowest BCUT2D eigenvalue weighted by Gasteiger charge is -2.12. The first-order valence-corrected chi connectivity index (χ1v) is 7.08. The SMILES string of the molecule is N#Cc1ccnc(SCC(O)c2ccc(F)cc2Cl)c1. The average Bonchev–Trinajstić information content (AvgIpc) is 2.45. The van der Waals surface area contributed by atoms with Crippen molar-refractivity contribution in [2.24, 2.45) is 0 Å². The molecule has 2 aromatic rings. The van der Waals surface area contributed by atoms with E-state index in [0.29, 0.717) is 21.9 Å². The van der Waals surface area contributed by atoms with Gasteiger partial charge < -0.3 is 5.11 Å². The van der Waals surface area contributed by atoms with E-state index in [2.05, 4.69) is 4.98 Å².